The van der Waals surface area contributed by atoms with Gasteiger partial charge in [-0.25, -0.2) is 8.42 Å². The Balaban J connectivity index is 1.76. The van der Waals surface area contributed by atoms with Gasteiger partial charge in [-0.05, 0) is 38.3 Å². The first-order valence-electron chi connectivity index (χ1n) is 10.3. The van der Waals surface area contributed by atoms with E-state index in [9.17, 15) is 8.42 Å². The van der Waals surface area contributed by atoms with Crippen LogP contribution in [0.25, 0.3) is 0 Å². The number of rotatable bonds is 5. The molecule has 3 rings (SSSR count). The summed E-state index contributed by atoms with van der Waals surface area (Å²) in [5, 5.41) is 3.52. The number of aliphatic imine (C=N–C) groups is 1. The predicted octanol–water partition coefficient (Wildman–Crippen LogP) is 3.00. The van der Waals surface area contributed by atoms with Crippen LogP contribution in [-0.4, -0.2) is 55.5 Å². The van der Waals surface area contributed by atoms with E-state index in [0.29, 0.717) is 25.7 Å². The molecule has 6 nitrogen and oxygen atoms in total. The second-order valence-electron chi connectivity index (χ2n) is 7.97. The molecule has 1 unspecified atom stereocenters. The summed E-state index contributed by atoms with van der Waals surface area (Å²) in [6, 6.07) is 4.15. The Morgan fingerprint density at radius 2 is 2.15 bits per heavy atom. The van der Waals surface area contributed by atoms with Gasteiger partial charge in [0, 0.05) is 32.1 Å². The highest BCUT2D eigenvalue weighted by Crippen LogP contribution is 2.38. The van der Waals surface area contributed by atoms with E-state index in [1.807, 2.05) is 12.1 Å². The molecule has 0 amide bonds. The number of furan rings is 1. The zero-order chi connectivity index (χ0) is 19.3. The lowest BCUT2D eigenvalue weighted by Crippen LogP contribution is -2.61. The van der Waals surface area contributed by atoms with E-state index in [2.05, 4.69) is 24.1 Å². The fourth-order valence-corrected chi connectivity index (χ4v) is 6.26. The van der Waals surface area contributed by atoms with Crippen molar-refractivity contribution < 1.29 is 12.8 Å². The minimum atomic E-state index is -3.04. The van der Waals surface area contributed by atoms with Gasteiger partial charge >= 0.3 is 0 Å². The molecule has 1 aliphatic heterocycles. The highest BCUT2D eigenvalue weighted by Gasteiger charge is 2.48. The number of sulfone groups is 1. The Morgan fingerprint density at radius 1 is 1.37 bits per heavy atom. The van der Waals surface area contributed by atoms with Crippen LogP contribution in [0.5, 0.6) is 0 Å². The number of guanidine groups is 1. The van der Waals surface area contributed by atoms with Gasteiger partial charge < -0.3 is 14.6 Å². The predicted molar refractivity (Wildman–Crippen MR) is 109 cm³/mol. The summed E-state index contributed by atoms with van der Waals surface area (Å²) in [5.74, 6) is 1.99. The lowest BCUT2D eigenvalue weighted by molar-refractivity contribution is 0.272. The van der Waals surface area contributed by atoms with E-state index >= 15 is 0 Å². The van der Waals surface area contributed by atoms with Crippen LogP contribution in [-0.2, 0) is 16.3 Å². The molecule has 152 valence electrons. The van der Waals surface area contributed by atoms with Crippen LogP contribution in [0, 0.1) is 0 Å². The van der Waals surface area contributed by atoms with Crippen LogP contribution in [0.3, 0.4) is 0 Å². The van der Waals surface area contributed by atoms with E-state index in [1.54, 1.807) is 6.26 Å². The van der Waals surface area contributed by atoms with Crippen molar-refractivity contribution in [3.63, 3.8) is 0 Å². The average molecular weight is 396 g/mol. The number of hydrogen-bond acceptors (Lipinski definition) is 4. The first kappa shape index (κ1) is 20.2. The molecule has 1 aromatic rings. The molecular formula is C20H33N3O3S. The van der Waals surface area contributed by atoms with Crippen LogP contribution in [0.2, 0.25) is 0 Å². The van der Waals surface area contributed by atoms with Crippen molar-refractivity contribution in [3.8, 4) is 0 Å². The van der Waals surface area contributed by atoms with Gasteiger partial charge in [0.25, 0.3) is 0 Å². The normalized spacial score (nSPS) is 23.3. The lowest BCUT2D eigenvalue weighted by atomic mass is 9.87. The van der Waals surface area contributed by atoms with Crippen molar-refractivity contribution in [2.45, 2.75) is 69.6 Å². The molecule has 0 aromatic carbocycles. The van der Waals surface area contributed by atoms with E-state index in [1.165, 1.54) is 0 Å². The fourth-order valence-electron chi connectivity index (χ4n) is 4.10. The van der Waals surface area contributed by atoms with E-state index in [4.69, 9.17) is 9.41 Å². The molecule has 1 spiro atoms. The summed E-state index contributed by atoms with van der Waals surface area (Å²) in [4.78, 5) is 6.99. The minimum Gasteiger partial charge on any atom is -0.469 e. The third-order valence-electron chi connectivity index (χ3n) is 6.02. The molecule has 1 atom stereocenters. The van der Waals surface area contributed by atoms with Gasteiger partial charge in [0.15, 0.2) is 15.8 Å². The quantitative estimate of drug-likeness (QED) is 0.613. The summed E-state index contributed by atoms with van der Waals surface area (Å²) in [6.45, 7) is 5.99. The second kappa shape index (κ2) is 8.67. The fraction of sp³-hybridized carbons (Fsp3) is 0.750. The smallest absolute Gasteiger partial charge is 0.194 e. The van der Waals surface area contributed by atoms with Crippen molar-refractivity contribution in [1.82, 2.24) is 10.2 Å². The number of nitrogens with zero attached hydrogens (tertiary/aromatic N) is 2. The largest absolute Gasteiger partial charge is 0.469 e. The van der Waals surface area contributed by atoms with Crippen molar-refractivity contribution in [2.24, 2.45) is 4.99 Å². The molecule has 27 heavy (non-hydrogen) atoms. The van der Waals surface area contributed by atoms with Crippen molar-refractivity contribution in [1.29, 1.82) is 0 Å². The maximum Gasteiger partial charge on any atom is 0.194 e. The van der Waals surface area contributed by atoms with Gasteiger partial charge in [0.1, 0.15) is 5.76 Å². The van der Waals surface area contributed by atoms with Gasteiger partial charge in [0.2, 0.25) is 0 Å². The second-order valence-corrected chi connectivity index (χ2v) is 10.5. The van der Waals surface area contributed by atoms with Gasteiger partial charge in [-0.2, -0.15) is 0 Å². The van der Waals surface area contributed by atoms with Gasteiger partial charge in [-0.3, -0.25) is 4.99 Å². The summed E-state index contributed by atoms with van der Waals surface area (Å²) in [5.41, 5.74) is 0. The van der Waals surface area contributed by atoms with Crippen molar-refractivity contribution in [2.75, 3.05) is 25.4 Å². The van der Waals surface area contributed by atoms with Crippen LogP contribution in [0.1, 0.15) is 58.1 Å². The summed E-state index contributed by atoms with van der Waals surface area (Å²) < 4.78 is 30.6. The first-order valence-corrected chi connectivity index (χ1v) is 11.9. The molecule has 1 aliphatic carbocycles. The van der Waals surface area contributed by atoms with Crippen LogP contribution >= 0.6 is 0 Å². The van der Waals surface area contributed by atoms with E-state index in [0.717, 1.165) is 56.7 Å². The van der Waals surface area contributed by atoms with Crippen molar-refractivity contribution in [3.05, 3.63) is 24.2 Å². The van der Waals surface area contributed by atoms with Gasteiger partial charge in [-0.1, -0.05) is 26.2 Å². The molecule has 2 aliphatic rings. The minimum absolute atomic E-state index is 0.229. The molecule has 1 saturated carbocycles. The molecule has 2 fully saturated rings. The Morgan fingerprint density at radius 3 is 2.81 bits per heavy atom. The summed E-state index contributed by atoms with van der Waals surface area (Å²) >= 11 is 0. The Kier molecular flexibility index (Phi) is 6.50. The molecule has 2 heterocycles. The molecule has 7 heteroatoms. The lowest BCUT2D eigenvalue weighted by Gasteiger charge is -2.45. The van der Waals surface area contributed by atoms with Crippen LogP contribution < -0.4 is 5.32 Å². The van der Waals surface area contributed by atoms with Crippen LogP contribution in [0.15, 0.2) is 27.8 Å². The van der Waals surface area contributed by atoms with E-state index < -0.39 is 14.6 Å². The Labute approximate surface area is 163 Å². The highest BCUT2D eigenvalue weighted by molar-refractivity contribution is 7.92. The van der Waals surface area contributed by atoms with Crippen LogP contribution in [0.4, 0.5) is 0 Å². The molecule has 0 radical (unpaired) electrons. The maximum atomic E-state index is 12.9. The SMILES string of the molecule is CCC(C)NC(=NCCc1ccco1)N1CCS(=O)(=O)C2(CCCCC2)C1. The molecule has 1 N–H and O–H groups in total. The van der Waals surface area contributed by atoms with Gasteiger partial charge in [-0.15, -0.1) is 0 Å². The average Bonchev–Trinajstić information content (AvgIpc) is 3.17. The number of hydrogen-bond donors (Lipinski definition) is 1. The molecule has 0 bridgehead atoms. The standard InChI is InChI=1S/C20H33N3O3S/c1-3-17(2)22-19(21-12-9-18-8-7-14-26-18)23-13-15-27(24,25)20(16-23)10-5-4-6-11-20/h7-8,14,17H,3-6,9-13,15-16H2,1-2H3,(H,21,22). The third-order valence-corrected chi connectivity index (χ3v) is 8.60. The molecule has 1 aromatic heterocycles. The zero-order valence-electron chi connectivity index (χ0n) is 16.6. The highest BCUT2D eigenvalue weighted by atomic mass is 32.2. The summed E-state index contributed by atoms with van der Waals surface area (Å²) in [7, 11) is -3.04. The first-order chi connectivity index (χ1) is 13.0. The maximum absolute atomic E-state index is 12.9. The van der Waals surface area contributed by atoms with E-state index in [-0.39, 0.29) is 5.75 Å². The molecular weight excluding hydrogens is 362 g/mol. The monoisotopic (exact) mass is 395 g/mol. The molecule has 1 saturated heterocycles. The number of nitrogens with one attached hydrogen (secondary N) is 1. The van der Waals surface area contributed by atoms with Gasteiger partial charge in [0.05, 0.1) is 16.8 Å². The Hall–Kier alpha value is -1.50. The third kappa shape index (κ3) is 4.68. The Bertz CT molecular complexity index is 722. The van der Waals surface area contributed by atoms with Crippen molar-refractivity contribution >= 4 is 15.8 Å². The summed E-state index contributed by atoms with van der Waals surface area (Å²) in [6.07, 6.45) is 8.16. The zero-order valence-corrected chi connectivity index (χ0v) is 17.4. The topological polar surface area (TPSA) is 74.9 Å².